The van der Waals surface area contributed by atoms with Gasteiger partial charge in [-0.15, -0.1) is 0 Å². The number of halogens is 4. The summed E-state index contributed by atoms with van der Waals surface area (Å²) in [6, 6.07) is 3.07. The third kappa shape index (κ3) is 90.0. The molecular formula is C24H52F4N8O12. The number of carbonyl (C=O) groups excluding carboxylic acids is 4. The molecule has 48 heavy (non-hydrogen) atoms. The van der Waals surface area contributed by atoms with Gasteiger partial charge in [-0.25, -0.2) is 39.6 Å². The second kappa shape index (κ2) is 46.1. The molecule has 0 saturated carbocycles. The second-order valence-electron chi connectivity index (χ2n) is 7.57. The van der Waals surface area contributed by atoms with Crippen molar-refractivity contribution in [2.75, 3.05) is 113 Å². The molecule has 0 aromatic rings. The largest absolute Gasteiger partial charge is 0.520 e. The summed E-state index contributed by atoms with van der Waals surface area (Å²) < 4.78 is 66.2. The summed E-state index contributed by atoms with van der Waals surface area (Å²) >= 11 is 0. The maximum absolute atomic E-state index is 9.81. The average molecular weight is 721 g/mol. The highest BCUT2D eigenvalue weighted by atomic mass is 19.2. The van der Waals surface area contributed by atoms with Crippen LogP contribution < -0.4 is 41.7 Å². The van der Waals surface area contributed by atoms with Crippen molar-refractivity contribution >= 4 is 49.0 Å². The van der Waals surface area contributed by atoms with Crippen molar-refractivity contribution in [2.24, 2.45) is 0 Å². The molecule has 0 aliphatic heterocycles. The Morgan fingerprint density at radius 1 is 0.396 bits per heavy atom. The summed E-state index contributed by atoms with van der Waals surface area (Å²) in [6.07, 6.45) is -10.3. The number of methoxy groups -OCH3 is 4. The molecule has 0 aliphatic rings. The highest BCUT2D eigenvalue weighted by Crippen LogP contribution is 1.68. The molecule has 0 fully saturated rings. The standard InChI is InChI=1S/4C5H12N2O.4CHFO2/c4*1-6-5(8-4)7(2)3;4*2-1(3)4/h4*1-4H3;4*(H,3,4). The number of nitrogens with one attached hydrogen (secondary N) is 4. The van der Waals surface area contributed by atoms with Crippen LogP contribution in [0.15, 0.2) is 0 Å². The van der Waals surface area contributed by atoms with Gasteiger partial charge in [0.2, 0.25) is 24.9 Å². The van der Waals surface area contributed by atoms with Crippen molar-refractivity contribution in [3.8, 4) is 0 Å². The lowest BCUT2D eigenvalue weighted by Crippen LogP contribution is -2.28. The van der Waals surface area contributed by atoms with Crippen LogP contribution in [0.5, 0.6) is 0 Å². The zero-order valence-electron chi connectivity index (χ0n) is 30.2. The van der Waals surface area contributed by atoms with E-state index in [1.807, 2.05) is 103 Å². The molecule has 0 amide bonds. The van der Waals surface area contributed by atoms with Gasteiger partial charge in [-0.05, 0) is 0 Å². The van der Waals surface area contributed by atoms with Gasteiger partial charge in [-0.2, -0.15) is 17.6 Å². The summed E-state index contributed by atoms with van der Waals surface area (Å²) in [4.78, 5) is 32.9. The van der Waals surface area contributed by atoms with Gasteiger partial charge in [-0.3, -0.25) is 0 Å². The van der Waals surface area contributed by atoms with E-state index in [-0.39, 0.29) is 0 Å². The Balaban J connectivity index is -0.0000000648. The Labute approximate surface area is 278 Å². The van der Waals surface area contributed by atoms with Gasteiger partial charge in [-0.1, -0.05) is 0 Å². The zero-order chi connectivity index (χ0) is 40.6. The van der Waals surface area contributed by atoms with E-state index in [9.17, 15) is 17.6 Å². The molecule has 0 radical (unpaired) electrons. The van der Waals surface area contributed by atoms with Gasteiger partial charge >= 0.3 is 24.1 Å². The molecule has 24 heteroatoms. The molecule has 0 heterocycles. The fourth-order valence-electron chi connectivity index (χ4n) is 2.03. The minimum absolute atomic E-state index is 0.769. The van der Waals surface area contributed by atoms with E-state index in [2.05, 4.69) is 21.3 Å². The van der Waals surface area contributed by atoms with Gasteiger partial charge in [0.15, 0.2) is 0 Å². The van der Waals surface area contributed by atoms with Gasteiger partial charge in [0.25, 0.3) is 0 Å². The van der Waals surface area contributed by atoms with Crippen LogP contribution >= 0.6 is 0 Å². The number of hydrogen-bond acceptors (Lipinski definition) is 12. The minimum Gasteiger partial charge on any atom is -0.520 e. The first kappa shape index (κ1) is 61.6. The van der Waals surface area contributed by atoms with E-state index in [1.165, 1.54) is 0 Å². The van der Waals surface area contributed by atoms with Gasteiger partial charge in [0.1, 0.15) is 0 Å². The van der Waals surface area contributed by atoms with E-state index >= 15 is 0 Å². The Bertz CT molecular complexity index is 777. The van der Waals surface area contributed by atoms with Crippen molar-refractivity contribution in [3.63, 3.8) is 0 Å². The average Bonchev–Trinajstić information content (AvgIpc) is 2.90. The maximum Gasteiger partial charge on any atom is 0.443 e. The molecule has 0 aromatic carbocycles. The number of amidine groups is 4. The fourth-order valence-corrected chi connectivity index (χ4v) is 2.03. The van der Waals surface area contributed by atoms with E-state index in [0.29, 0.717) is 0 Å². The molecule has 0 unspecified atom stereocenters. The van der Waals surface area contributed by atoms with Crippen LogP contribution in [0.1, 0.15) is 0 Å². The molecule has 0 saturated heterocycles. The van der Waals surface area contributed by atoms with Crippen LogP contribution in [-0.2, 0) is 18.9 Å². The molecule has 0 aliphatic carbocycles. The summed E-state index contributed by atoms with van der Waals surface area (Å²) in [5.74, 6) is 0. The highest BCUT2D eigenvalue weighted by molar-refractivity contribution is 5.68. The monoisotopic (exact) mass is 720 g/mol. The smallest absolute Gasteiger partial charge is 0.443 e. The minimum atomic E-state index is -2.58. The Morgan fingerprint density at radius 2 is 0.479 bits per heavy atom. The number of carbonyl (C=O) groups is 4. The first-order chi connectivity index (χ1) is 21.8. The lowest BCUT2D eigenvalue weighted by molar-refractivity contribution is -0.476. The molecule has 0 rings (SSSR count). The van der Waals surface area contributed by atoms with Crippen molar-refractivity contribution in [2.45, 2.75) is 0 Å². The lowest BCUT2D eigenvalue weighted by Gasteiger charge is -1.97. The van der Waals surface area contributed by atoms with E-state index < -0.39 is 24.9 Å². The predicted octanol–water partition coefficient (Wildman–Crippen LogP) is -4.88. The van der Waals surface area contributed by atoms with Crippen molar-refractivity contribution in [1.29, 1.82) is 0 Å². The highest BCUT2D eigenvalue weighted by Gasteiger charge is 2.01. The summed E-state index contributed by atoms with van der Waals surface area (Å²) in [5, 5.41) is 44.4. The SMILES string of the molecule is CNC(OC)=[N+](C)C.CNC(OC)=[N+](C)C.CNC(OC)=[N+](C)C.CNC(OC)=[N+](C)C.O=C([O-])F.O=C([O-])F.O=C([O-])F.O=C([O-])F. The molecule has 0 spiro atoms. The third-order valence-electron chi connectivity index (χ3n) is 3.25. The van der Waals surface area contributed by atoms with Crippen LogP contribution in [0.2, 0.25) is 0 Å². The van der Waals surface area contributed by atoms with Gasteiger partial charge in [0.05, 0.1) is 113 Å². The number of hydrogen-bond donors (Lipinski definition) is 4. The van der Waals surface area contributed by atoms with Crippen LogP contribution in [-0.4, -0.2) is 180 Å². The van der Waals surface area contributed by atoms with Crippen molar-refractivity contribution in [1.82, 2.24) is 21.3 Å². The van der Waals surface area contributed by atoms with E-state index in [4.69, 9.17) is 58.6 Å². The first-order valence-corrected chi connectivity index (χ1v) is 12.3. The molecule has 0 aromatic heterocycles. The summed E-state index contributed by atoms with van der Waals surface area (Å²) in [6.45, 7) is 0. The Kier molecular flexibility index (Phi) is 59.2. The molecule has 20 nitrogen and oxygen atoms in total. The Hall–Kier alpha value is -5.32. The molecular weight excluding hydrogens is 668 g/mol. The predicted molar refractivity (Wildman–Crippen MR) is 159 cm³/mol. The molecule has 4 N–H and O–H groups in total. The van der Waals surface area contributed by atoms with Gasteiger partial charge < -0.3 is 58.6 Å². The van der Waals surface area contributed by atoms with E-state index in [1.54, 1.807) is 28.4 Å². The van der Waals surface area contributed by atoms with Crippen LogP contribution in [0.25, 0.3) is 0 Å². The first-order valence-electron chi connectivity index (χ1n) is 12.3. The fraction of sp³-hybridized carbons (Fsp3) is 0.667. The normalized spacial score (nSPS) is 7.42. The number of rotatable bonds is 0. The van der Waals surface area contributed by atoms with Crippen LogP contribution in [0.4, 0.5) is 36.7 Å². The van der Waals surface area contributed by atoms with Crippen molar-refractivity contribution < 1.29 is 94.4 Å². The van der Waals surface area contributed by atoms with E-state index in [0.717, 1.165) is 24.1 Å². The quantitative estimate of drug-likeness (QED) is 0.0601. The number of carboxylic acid groups (broad SMARTS) is 4. The molecule has 0 bridgehead atoms. The van der Waals surface area contributed by atoms with Crippen molar-refractivity contribution in [3.05, 3.63) is 0 Å². The van der Waals surface area contributed by atoms with Crippen LogP contribution in [0.3, 0.4) is 0 Å². The maximum atomic E-state index is 9.81. The number of ether oxygens (including phenoxy) is 4. The summed E-state index contributed by atoms with van der Waals surface area (Å²) in [5.41, 5.74) is 0. The Morgan fingerprint density at radius 3 is 0.479 bits per heavy atom. The van der Waals surface area contributed by atoms with Gasteiger partial charge in [0, 0.05) is 0 Å². The molecule has 288 valence electrons. The zero-order valence-corrected chi connectivity index (χ0v) is 30.2. The second-order valence-corrected chi connectivity index (χ2v) is 7.57. The number of nitrogens with zero attached hydrogens (tertiary/aromatic N) is 4. The molecule has 0 atom stereocenters. The summed E-state index contributed by atoms with van der Waals surface area (Å²) in [7, 11) is 29.1. The lowest BCUT2D eigenvalue weighted by atomic mass is 10.9. The topological polar surface area (TPSA) is 258 Å². The van der Waals surface area contributed by atoms with Crippen LogP contribution in [0, 0.1) is 0 Å². The third-order valence-corrected chi connectivity index (χ3v) is 3.25.